The van der Waals surface area contributed by atoms with Crippen molar-refractivity contribution >= 4 is 0 Å². The van der Waals surface area contributed by atoms with Gasteiger partial charge in [-0.25, -0.2) is 0 Å². The molecule has 1 rings (SSSR count). The predicted octanol–water partition coefficient (Wildman–Crippen LogP) is 3.78. The van der Waals surface area contributed by atoms with Crippen molar-refractivity contribution in [1.82, 2.24) is 0 Å². The van der Waals surface area contributed by atoms with Crippen LogP contribution in [0.25, 0.3) is 0 Å². The lowest BCUT2D eigenvalue weighted by Crippen LogP contribution is -2.11. The Kier molecular flexibility index (Phi) is 3.16. The molecule has 0 saturated heterocycles. The minimum Gasteiger partial charge on any atom is -0.0828 e. The van der Waals surface area contributed by atoms with Crippen molar-refractivity contribution in [3.63, 3.8) is 0 Å². The molecule has 0 heteroatoms. The van der Waals surface area contributed by atoms with Crippen LogP contribution in [0.1, 0.15) is 46.5 Å². The molecule has 1 saturated carbocycles. The lowest BCUT2D eigenvalue weighted by Gasteiger charge is -2.24. The fraction of sp³-hybridized carbons (Fsp3) is 0.818. The molecular weight excluding hydrogens is 132 g/mol. The highest BCUT2D eigenvalue weighted by molar-refractivity contribution is 4.98. The van der Waals surface area contributed by atoms with Gasteiger partial charge in [-0.2, -0.15) is 0 Å². The van der Waals surface area contributed by atoms with Gasteiger partial charge in [0, 0.05) is 0 Å². The third kappa shape index (κ3) is 3.09. The molecule has 2 atom stereocenters. The molecule has 0 spiro atoms. The molecule has 0 amide bonds. The fourth-order valence-electron chi connectivity index (χ4n) is 2.10. The second-order valence-electron chi connectivity index (χ2n) is 4.28. The maximum Gasteiger partial charge on any atom is -0.0229 e. The number of rotatable bonds is 1. The van der Waals surface area contributed by atoms with E-state index >= 15 is 0 Å². The van der Waals surface area contributed by atoms with Crippen molar-refractivity contribution in [3.05, 3.63) is 11.6 Å². The lowest BCUT2D eigenvalue weighted by atomic mass is 9.82. The zero-order chi connectivity index (χ0) is 8.27. The molecule has 1 aliphatic rings. The Morgan fingerprint density at radius 3 is 2.55 bits per heavy atom. The van der Waals surface area contributed by atoms with Gasteiger partial charge in [-0.3, -0.25) is 0 Å². The van der Waals surface area contributed by atoms with E-state index in [0.29, 0.717) is 0 Å². The molecule has 1 fully saturated rings. The molecule has 1 aliphatic carbocycles. The SMILES string of the molecule is CC(C)=CC1CCCC(C)C1. The third-order valence-electron chi connectivity index (χ3n) is 2.55. The van der Waals surface area contributed by atoms with Crippen LogP contribution >= 0.6 is 0 Å². The average Bonchev–Trinajstić information content (AvgIpc) is 1.85. The van der Waals surface area contributed by atoms with Crippen LogP contribution in [0, 0.1) is 11.8 Å². The molecule has 0 aliphatic heterocycles. The molecule has 0 aromatic rings. The summed E-state index contributed by atoms with van der Waals surface area (Å²) >= 11 is 0. The highest BCUT2D eigenvalue weighted by Crippen LogP contribution is 2.29. The summed E-state index contributed by atoms with van der Waals surface area (Å²) in [6, 6.07) is 0. The van der Waals surface area contributed by atoms with Crippen molar-refractivity contribution < 1.29 is 0 Å². The van der Waals surface area contributed by atoms with E-state index in [1.165, 1.54) is 31.3 Å². The van der Waals surface area contributed by atoms with E-state index in [9.17, 15) is 0 Å². The average molecular weight is 152 g/mol. The summed E-state index contributed by atoms with van der Waals surface area (Å²) in [5, 5.41) is 0. The van der Waals surface area contributed by atoms with E-state index in [2.05, 4.69) is 26.8 Å². The summed E-state index contributed by atoms with van der Waals surface area (Å²) in [6.45, 7) is 6.80. The van der Waals surface area contributed by atoms with Crippen molar-refractivity contribution in [1.29, 1.82) is 0 Å². The highest BCUT2D eigenvalue weighted by Gasteiger charge is 2.16. The zero-order valence-electron chi connectivity index (χ0n) is 8.06. The van der Waals surface area contributed by atoms with Gasteiger partial charge >= 0.3 is 0 Å². The van der Waals surface area contributed by atoms with Crippen LogP contribution < -0.4 is 0 Å². The monoisotopic (exact) mass is 152 g/mol. The van der Waals surface area contributed by atoms with E-state index in [1.54, 1.807) is 0 Å². The van der Waals surface area contributed by atoms with E-state index in [0.717, 1.165) is 11.8 Å². The number of hydrogen-bond donors (Lipinski definition) is 0. The molecule has 0 heterocycles. The molecular formula is C11H20. The first-order valence-electron chi connectivity index (χ1n) is 4.83. The first-order valence-corrected chi connectivity index (χ1v) is 4.83. The smallest absolute Gasteiger partial charge is 0.0229 e. The summed E-state index contributed by atoms with van der Waals surface area (Å²) in [5.41, 5.74) is 1.49. The Labute approximate surface area is 70.7 Å². The molecule has 64 valence electrons. The van der Waals surface area contributed by atoms with Gasteiger partial charge in [0.2, 0.25) is 0 Å². The summed E-state index contributed by atoms with van der Waals surface area (Å²) in [5.74, 6) is 1.85. The predicted molar refractivity (Wildman–Crippen MR) is 50.6 cm³/mol. The Morgan fingerprint density at radius 1 is 1.27 bits per heavy atom. The summed E-state index contributed by atoms with van der Waals surface area (Å²) in [6.07, 6.45) is 8.19. The van der Waals surface area contributed by atoms with Crippen LogP contribution in [0.4, 0.5) is 0 Å². The van der Waals surface area contributed by atoms with Crippen molar-refractivity contribution in [2.45, 2.75) is 46.5 Å². The summed E-state index contributed by atoms with van der Waals surface area (Å²) < 4.78 is 0. The van der Waals surface area contributed by atoms with Crippen LogP contribution in [0.2, 0.25) is 0 Å². The van der Waals surface area contributed by atoms with Gasteiger partial charge in [-0.15, -0.1) is 0 Å². The quantitative estimate of drug-likeness (QED) is 0.502. The van der Waals surface area contributed by atoms with Gasteiger partial charge in [0.15, 0.2) is 0 Å². The largest absolute Gasteiger partial charge is 0.0828 e. The Bertz CT molecular complexity index is 140. The van der Waals surface area contributed by atoms with E-state index in [1.807, 2.05) is 0 Å². The fourth-order valence-corrected chi connectivity index (χ4v) is 2.10. The van der Waals surface area contributed by atoms with Gasteiger partial charge in [0.1, 0.15) is 0 Å². The first-order chi connectivity index (χ1) is 5.18. The van der Waals surface area contributed by atoms with Crippen molar-refractivity contribution in [2.75, 3.05) is 0 Å². The maximum absolute atomic E-state index is 2.45. The summed E-state index contributed by atoms with van der Waals surface area (Å²) in [4.78, 5) is 0. The number of allylic oxidation sites excluding steroid dienone is 2. The van der Waals surface area contributed by atoms with Crippen molar-refractivity contribution in [3.8, 4) is 0 Å². The topological polar surface area (TPSA) is 0 Å². The normalized spacial score (nSPS) is 31.5. The van der Waals surface area contributed by atoms with Gasteiger partial charge in [-0.05, 0) is 38.5 Å². The second-order valence-corrected chi connectivity index (χ2v) is 4.28. The van der Waals surface area contributed by atoms with Crippen molar-refractivity contribution in [2.24, 2.45) is 11.8 Å². The Hall–Kier alpha value is -0.260. The minimum absolute atomic E-state index is 0.892. The van der Waals surface area contributed by atoms with E-state index in [4.69, 9.17) is 0 Å². The van der Waals surface area contributed by atoms with E-state index < -0.39 is 0 Å². The van der Waals surface area contributed by atoms with Crippen LogP contribution in [-0.2, 0) is 0 Å². The van der Waals surface area contributed by atoms with Crippen LogP contribution in [0.15, 0.2) is 11.6 Å². The second kappa shape index (κ2) is 3.94. The van der Waals surface area contributed by atoms with Gasteiger partial charge in [-0.1, -0.05) is 31.4 Å². The molecule has 0 N–H and O–H groups in total. The molecule has 0 aromatic carbocycles. The standard InChI is InChI=1S/C11H20/c1-9(2)7-11-6-4-5-10(3)8-11/h7,10-11H,4-6,8H2,1-3H3. The Balaban J connectivity index is 2.40. The lowest BCUT2D eigenvalue weighted by molar-refractivity contribution is 0.324. The van der Waals surface area contributed by atoms with Crippen LogP contribution in [0.5, 0.6) is 0 Å². The molecule has 11 heavy (non-hydrogen) atoms. The molecule has 0 bridgehead atoms. The maximum atomic E-state index is 2.45. The van der Waals surface area contributed by atoms with Gasteiger partial charge in [0.25, 0.3) is 0 Å². The Morgan fingerprint density at radius 2 is 2.00 bits per heavy atom. The zero-order valence-corrected chi connectivity index (χ0v) is 8.06. The highest BCUT2D eigenvalue weighted by atomic mass is 14.2. The molecule has 2 unspecified atom stereocenters. The molecule has 0 radical (unpaired) electrons. The van der Waals surface area contributed by atoms with Gasteiger partial charge in [0.05, 0.1) is 0 Å². The first kappa shape index (κ1) is 8.83. The molecule has 0 nitrogen and oxygen atoms in total. The summed E-state index contributed by atoms with van der Waals surface area (Å²) in [7, 11) is 0. The minimum atomic E-state index is 0.892. The van der Waals surface area contributed by atoms with Crippen LogP contribution in [0.3, 0.4) is 0 Å². The van der Waals surface area contributed by atoms with Gasteiger partial charge < -0.3 is 0 Å². The third-order valence-corrected chi connectivity index (χ3v) is 2.55. The number of hydrogen-bond acceptors (Lipinski definition) is 0. The van der Waals surface area contributed by atoms with Crippen LogP contribution in [-0.4, -0.2) is 0 Å². The van der Waals surface area contributed by atoms with E-state index in [-0.39, 0.29) is 0 Å². The molecule has 0 aromatic heterocycles.